The Morgan fingerprint density at radius 2 is 2.19 bits per heavy atom. The molecule has 1 aliphatic rings. The number of aryl methyl sites for hydroxylation is 1. The van der Waals surface area contributed by atoms with E-state index in [4.69, 9.17) is 9.47 Å². The molecule has 6 heteroatoms. The first-order valence-electron chi connectivity index (χ1n) is 6.74. The minimum atomic E-state index is -1.07. The number of carbonyl (C=O) groups excluding carboxylic acids is 1. The van der Waals surface area contributed by atoms with Crippen molar-refractivity contribution in [3.8, 4) is 0 Å². The van der Waals surface area contributed by atoms with Gasteiger partial charge in [-0.05, 0) is 18.1 Å². The number of rotatable bonds is 5. The van der Waals surface area contributed by atoms with Gasteiger partial charge < -0.3 is 19.5 Å². The highest BCUT2D eigenvalue weighted by Gasteiger charge is 2.42. The quantitative estimate of drug-likeness (QED) is 0.876. The highest BCUT2D eigenvalue weighted by molar-refractivity contribution is 5.83. The predicted octanol–water partition coefficient (Wildman–Crippen LogP) is 0.995. The lowest BCUT2D eigenvalue weighted by Crippen LogP contribution is -2.52. The molecule has 21 heavy (non-hydrogen) atoms. The van der Waals surface area contributed by atoms with Crippen LogP contribution in [0.15, 0.2) is 24.3 Å². The molecule has 2 unspecified atom stereocenters. The number of morpholine rings is 1. The fourth-order valence-electron chi connectivity index (χ4n) is 2.56. The summed E-state index contributed by atoms with van der Waals surface area (Å²) in [6, 6.07) is 6.79. The number of carboxylic acids is 1. The third kappa shape index (κ3) is 3.22. The molecule has 0 aliphatic carbocycles. The summed E-state index contributed by atoms with van der Waals surface area (Å²) in [6.45, 7) is 2.35. The summed E-state index contributed by atoms with van der Waals surface area (Å²) >= 11 is 0. The van der Waals surface area contributed by atoms with E-state index in [0.29, 0.717) is 13.2 Å². The van der Waals surface area contributed by atoms with Crippen LogP contribution in [0.25, 0.3) is 0 Å². The van der Waals surface area contributed by atoms with Crippen LogP contribution in [-0.2, 0) is 19.1 Å². The summed E-state index contributed by atoms with van der Waals surface area (Å²) in [5, 5.41) is 9.40. The lowest BCUT2D eigenvalue weighted by molar-refractivity contribution is -0.173. The topological polar surface area (TPSA) is 76.1 Å². The Morgan fingerprint density at radius 3 is 2.81 bits per heavy atom. The smallest absolute Gasteiger partial charge is 0.335 e. The summed E-state index contributed by atoms with van der Waals surface area (Å²) in [7, 11) is 1.54. The second-order valence-corrected chi connectivity index (χ2v) is 4.95. The number of methoxy groups -OCH3 is 1. The molecule has 0 radical (unpaired) electrons. The first-order valence-corrected chi connectivity index (χ1v) is 6.74. The highest BCUT2D eigenvalue weighted by Crippen LogP contribution is 2.32. The van der Waals surface area contributed by atoms with Crippen LogP contribution in [-0.4, -0.2) is 54.9 Å². The molecule has 114 valence electrons. The van der Waals surface area contributed by atoms with Gasteiger partial charge in [-0.15, -0.1) is 0 Å². The van der Waals surface area contributed by atoms with Gasteiger partial charge in [0.2, 0.25) is 5.91 Å². The van der Waals surface area contributed by atoms with Crippen LogP contribution in [0.3, 0.4) is 0 Å². The van der Waals surface area contributed by atoms with Crippen molar-refractivity contribution in [2.24, 2.45) is 0 Å². The third-order valence-corrected chi connectivity index (χ3v) is 3.62. The Bertz CT molecular complexity index is 531. The maximum absolute atomic E-state index is 12.1. The van der Waals surface area contributed by atoms with Crippen LogP contribution < -0.4 is 0 Å². The van der Waals surface area contributed by atoms with E-state index in [-0.39, 0.29) is 12.5 Å². The van der Waals surface area contributed by atoms with E-state index in [1.807, 2.05) is 31.2 Å². The average Bonchev–Trinajstić information content (AvgIpc) is 2.46. The standard InChI is InChI=1S/C15H19NO5/c1-10-5-3-4-6-11(10)13-14(15(18)19)21-9-12(17)16(13)7-8-20-2/h3-6,13-14H,7-9H2,1-2H3,(H,18,19). The molecule has 0 aromatic heterocycles. The summed E-state index contributed by atoms with van der Waals surface area (Å²) < 4.78 is 10.3. The molecule has 0 bridgehead atoms. The van der Waals surface area contributed by atoms with Gasteiger partial charge in [-0.25, -0.2) is 4.79 Å². The lowest BCUT2D eigenvalue weighted by atomic mass is 9.94. The summed E-state index contributed by atoms with van der Waals surface area (Å²) in [6.07, 6.45) is -1.07. The first kappa shape index (κ1) is 15.5. The van der Waals surface area contributed by atoms with Gasteiger partial charge in [0.05, 0.1) is 12.6 Å². The van der Waals surface area contributed by atoms with Gasteiger partial charge in [-0.1, -0.05) is 24.3 Å². The maximum atomic E-state index is 12.1. The van der Waals surface area contributed by atoms with Crippen LogP contribution in [0.4, 0.5) is 0 Å². The van der Waals surface area contributed by atoms with Crippen LogP contribution >= 0.6 is 0 Å². The van der Waals surface area contributed by atoms with Crippen molar-refractivity contribution < 1.29 is 24.2 Å². The van der Waals surface area contributed by atoms with E-state index in [1.54, 1.807) is 7.11 Å². The van der Waals surface area contributed by atoms with E-state index >= 15 is 0 Å². The molecule has 2 atom stereocenters. The number of ether oxygens (including phenoxy) is 2. The predicted molar refractivity (Wildman–Crippen MR) is 74.9 cm³/mol. The van der Waals surface area contributed by atoms with Gasteiger partial charge in [0, 0.05) is 13.7 Å². The van der Waals surface area contributed by atoms with E-state index in [0.717, 1.165) is 11.1 Å². The number of benzene rings is 1. The lowest BCUT2D eigenvalue weighted by Gasteiger charge is -2.40. The monoisotopic (exact) mass is 293 g/mol. The number of amides is 1. The SMILES string of the molecule is COCCN1C(=O)COC(C(=O)O)C1c1ccccc1C. The molecule has 0 spiro atoms. The zero-order valence-corrected chi connectivity index (χ0v) is 12.1. The molecule has 2 rings (SSSR count). The Labute approximate surface area is 123 Å². The van der Waals surface area contributed by atoms with Crippen LogP contribution in [0.2, 0.25) is 0 Å². The fourth-order valence-corrected chi connectivity index (χ4v) is 2.56. The van der Waals surface area contributed by atoms with Crippen LogP contribution in [0, 0.1) is 6.92 Å². The van der Waals surface area contributed by atoms with Crippen molar-refractivity contribution in [2.45, 2.75) is 19.1 Å². The molecule has 1 fully saturated rings. The zero-order chi connectivity index (χ0) is 15.4. The summed E-state index contributed by atoms with van der Waals surface area (Å²) in [4.78, 5) is 25.1. The molecule has 6 nitrogen and oxygen atoms in total. The summed E-state index contributed by atoms with van der Waals surface area (Å²) in [5.41, 5.74) is 1.71. The van der Waals surface area contributed by atoms with Crippen LogP contribution in [0.5, 0.6) is 0 Å². The summed E-state index contributed by atoms with van der Waals surface area (Å²) in [5.74, 6) is -1.30. The molecule has 1 aromatic carbocycles. The number of aliphatic carboxylic acids is 1. The fraction of sp³-hybridized carbons (Fsp3) is 0.467. The molecule has 1 heterocycles. The minimum Gasteiger partial charge on any atom is -0.479 e. The maximum Gasteiger partial charge on any atom is 0.335 e. The van der Waals surface area contributed by atoms with Crippen molar-refractivity contribution in [2.75, 3.05) is 26.9 Å². The molecule has 1 aliphatic heterocycles. The number of hydrogen-bond acceptors (Lipinski definition) is 4. The van der Waals surface area contributed by atoms with E-state index < -0.39 is 18.1 Å². The van der Waals surface area contributed by atoms with E-state index in [1.165, 1.54) is 4.90 Å². The van der Waals surface area contributed by atoms with Gasteiger partial charge in [-0.3, -0.25) is 4.79 Å². The molecular formula is C15H19NO5. The highest BCUT2D eigenvalue weighted by atomic mass is 16.5. The third-order valence-electron chi connectivity index (χ3n) is 3.62. The van der Waals surface area contributed by atoms with Crippen molar-refractivity contribution in [1.82, 2.24) is 4.90 Å². The van der Waals surface area contributed by atoms with E-state index in [9.17, 15) is 14.7 Å². The number of carbonyl (C=O) groups is 2. The molecule has 1 amide bonds. The van der Waals surface area contributed by atoms with Gasteiger partial charge in [0.25, 0.3) is 0 Å². The second-order valence-electron chi connectivity index (χ2n) is 4.95. The first-order chi connectivity index (χ1) is 10.1. The Kier molecular flexibility index (Phi) is 4.93. The van der Waals surface area contributed by atoms with Gasteiger partial charge in [0.15, 0.2) is 6.10 Å². The number of hydrogen-bond donors (Lipinski definition) is 1. The van der Waals surface area contributed by atoms with Crippen molar-refractivity contribution >= 4 is 11.9 Å². The largest absolute Gasteiger partial charge is 0.479 e. The minimum absolute atomic E-state index is 0.219. The van der Waals surface area contributed by atoms with Crippen molar-refractivity contribution in [3.63, 3.8) is 0 Å². The normalized spacial score (nSPS) is 22.4. The Balaban J connectivity index is 2.41. The molecule has 1 aromatic rings. The molecule has 1 N–H and O–H groups in total. The Hall–Kier alpha value is -1.92. The van der Waals surface area contributed by atoms with Crippen molar-refractivity contribution in [3.05, 3.63) is 35.4 Å². The van der Waals surface area contributed by atoms with Crippen LogP contribution in [0.1, 0.15) is 17.2 Å². The van der Waals surface area contributed by atoms with Gasteiger partial charge in [-0.2, -0.15) is 0 Å². The molecule has 0 saturated carbocycles. The van der Waals surface area contributed by atoms with E-state index in [2.05, 4.69) is 0 Å². The molecular weight excluding hydrogens is 274 g/mol. The van der Waals surface area contributed by atoms with Crippen molar-refractivity contribution in [1.29, 1.82) is 0 Å². The van der Waals surface area contributed by atoms with Gasteiger partial charge >= 0.3 is 5.97 Å². The Morgan fingerprint density at radius 1 is 1.48 bits per heavy atom. The van der Waals surface area contributed by atoms with Gasteiger partial charge in [0.1, 0.15) is 6.61 Å². The second kappa shape index (κ2) is 6.69. The zero-order valence-electron chi connectivity index (χ0n) is 12.1. The number of nitrogens with zero attached hydrogens (tertiary/aromatic N) is 1. The average molecular weight is 293 g/mol. The number of carboxylic acid groups (broad SMARTS) is 1. The molecule has 1 saturated heterocycles.